The largest absolute Gasteiger partial charge is 0.398 e. The second kappa shape index (κ2) is 5.61. The summed E-state index contributed by atoms with van der Waals surface area (Å²) in [4.78, 5) is 25.9. The molecule has 6 heteroatoms. The molecule has 1 unspecified atom stereocenters. The average Bonchev–Trinajstić information content (AvgIpc) is 2.37. The van der Waals surface area contributed by atoms with Gasteiger partial charge in [-0.15, -0.1) is 0 Å². The lowest BCUT2D eigenvalue weighted by Crippen LogP contribution is -2.56. The van der Waals surface area contributed by atoms with Crippen molar-refractivity contribution in [3.8, 4) is 0 Å². The third-order valence-electron chi connectivity index (χ3n) is 3.22. The molecule has 102 valence electrons. The summed E-state index contributed by atoms with van der Waals surface area (Å²) in [6.07, 6.45) is 0.591. The molecule has 1 aromatic carbocycles. The maximum atomic E-state index is 12.5. The van der Waals surface area contributed by atoms with E-state index in [1.54, 1.807) is 23.1 Å². The molecule has 1 fully saturated rings. The van der Waals surface area contributed by atoms with Gasteiger partial charge < -0.3 is 16.0 Å². The number of hydrogen-bond acceptors (Lipinski definition) is 3. The molecule has 3 N–H and O–H groups in total. The van der Waals surface area contributed by atoms with Gasteiger partial charge >= 0.3 is 0 Å². The summed E-state index contributed by atoms with van der Waals surface area (Å²) in [6.45, 7) is 2.89. The molecule has 5 nitrogen and oxygen atoms in total. The van der Waals surface area contributed by atoms with Gasteiger partial charge in [-0.05, 0) is 24.6 Å². The number of nitrogens with one attached hydrogen (secondary N) is 1. The summed E-state index contributed by atoms with van der Waals surface area (Å²) < 4.78 is 0.824. The molecule has 1 heterocycles. The highest BCUT2D eigenvalue weighted by Crippen LogP contribution is 2.22. The molecule has 1 aliphatic heterocycles. The Balaban J connectivity index is 2.29. The molecule has 1 atom stereocenters. The van der Waals surface area contributed by atoms with Crippen LogP contribution in [0.3, 0.4) is 0 Å². The molecule has 1 saturated heterocycles. The molecule has 19 heavy (non-hydrogen) atoms. The third-order valence-corrected chi connectivity index (χ3v) is 3.72. The van der Waals surface area contributed by atoms with Crippen LogP contribution >= 0.6 is 15.9 Å². The smallest absolute Gasteiger partial charge is 0.256 e. The topological polar surface area (TPSA) is 75.4 Å². The van der Waals surface area contributed by atoms with Crippen molar-refractivity contribution in [1.29, 1.82) is 0 Å². The highest BCUT2D eigenvalue weighted by Gasteiger charge is 2.32. The quantitative estimate of drug-likeness (QED) is 0.807. The summed E-state index contributed by atoms with van der Waals surface area (Å²) in [5.74, 6) is -0.288. The first-order valence-electron chi connectivity index (χ1n) is 6.18. The Kier molecular flexibility index (Phi) is 4.09. The van der Waals surface area contributed by atoms with Crippen LogP contribution in [0.5, 0.6) is 0 Å². The Bertz CT molecular complexity index is 519. The summed E-state index contributed by atoms with van der Waals surface area (Å²) in [7, 11) is 0. The second-order valence-corrected chi connectivity index (χ2v) is 5.36. The number of hydrogen-bond donors (Lipinski definition) is 2. The number of piperazine rings is 1. The van der Waals surface area contributed by atoms with Crippen molar-refractivity contribution in [3.63, 3.8) is 0 Å². The molecule has 1 aliphatic rings. The molecule has 1 aromatic rings. The van der Waals surface area contributed by atoms with Crippen LogP contribution in [0.1, 0.15) is 23.7 Å². The minimum absolute atomic E-state index is 0.0993. The fraction of sp³-hybridized carbons (Fsp3) is 0.385. The van der Waals surface area contributed by atoms with Gasteiger partial charge in [0.2, 0.25) is 5.91 Å². The number of nitrogens with zero attached hydrogens (tertiary/aromatic N) is 1. The van der Waals surface area contributed by atoms with Crippen molar-refractivity contribution in [2.45, 2.75) is 19.4 Å². The molecule has 0 spiro atoms. The molecule has 0 aliphatic carbocycles. The number of anilines is 1. The number of nitrogens with two attached hydrogens (primary N) is 1. The van der Waals surface area contributed by atoms with E-state index in [1.165, 1.54) is 0 Å². The van der Waals surface area contributed by atoms with Crippen molar-refractivity contribution in [1.82, 2.24) is 10.2 Å². The summed E-state index contributed by atoms with van der Waals surface area (Å²) in [5.41, 5.74) is 6.73. The van der Waals surface area contributed by atoms with Gasteiger partial charge in [-0.25, -0.2) is 0 Å². The maximum absolute atomic E-state index is 12.5. The summed E-state index contributed by atoms with van der Waals surface area (Å²) in [6, 6.07) is 4.73. The zero-order valence-electron chi connectivity index (χ0n) is 10.6. The second-order valence-electron chi connectivity index (χ2n) is 4.45. The predicted molar refractivity (Wildman–Crippen MR) is 76.7 cm³/mol. The molecule has 0 aromatic heterocycles. The van der Waals surface area contributed by atoms with Crippen LogP contribution in [-0.2, 0) is 4.79 Å². The Morgan fingerprint density at radius 2 is 2.32 bits per heavy atom. The first kappa shape index (κ1) is 13.9. The van der Waals surface area contributed by atoms with E-state index in [9.17, 15) is 9.59 Å². The van der Waals surface area contributed by atoms with Gasteiger partial charge in [0, 0.05) is 23.2 Å². The normalized spacial score (nSPS) is 19.2. The number of carbonyl (C=O) groups is 2. The van der Waals surface area contributed by atoms with Crippen LogP contribution in [0.15, 0.2) is 22.7 Å². The van der Waals surface area contributed by atoms with Gasteiger partial charge in [-0.3, -0.25) is 9.59 Å². The molecule has 2 amide bonds. The lowest BCUT2D eigenvalue weighted by molar-refractivity contribution is -0.127. The number of amides is 2. The van der Waals surface area contributed by atoms with Crippen LogP contribution in [0.25, 0.3) is 0 Å². The lowest BCUT2D eigenvalue weighted by atomic mass is 10.1. The zero-order valence-corrected chi connectivity index (χ0v) is 12.2. The van der Waals surface area contributed by atoms with Crippen LogP contribution in [0, 0.1) is 0 Å². The van der Waals surface area contributed by atoms with E-state index < -0.39 is 6.04 Å². The van der Waals surface area contributed by atoms with Gasteiger partial charge in [-0.2, -0.15) is 0 Å². The SMILES string of the molecule is CCC1C(=O)NCCN1C(=O)c1ccc(Br)cc1N. The molecule has 0 radical (unpaired) electrons. The van der Waals surface area contributed by atoms with Crippen LogP contribution in [-0.4, -0.2) is 35.8 Å². The van der Waals surface area contributed by atoms with Gasteiger partial charge in [-0.1, -0.05) is 22.9 Å². The zero-order chi connectivity index (χ0) is 14.0. The number of halogens is 1. The van der Waals surface area contributed by atoms with Crippen LogP contribution in [0.4, 0.5) is 5.69 Å². The Hall–Kier alpha value is -1.56. The monoisotopic (exact) mass is 325 g/mol. The summed E-state index contributed by atoms with van der Waals surface area (Å²) in [5, 5.41) is 2.77. The van der Waals surface area contributed by atoms with Gasteiger partial charge in [0.05, 0.1) is 5.56 Å². The molecule has 2 rings (SSSR count). The van der Waals surface area contributed by atoms with E-state index >= 15 is 0 Å². The van der Waals surface area contributed by atoms with E-state index in [0.29, 0.717) is 30.8 Å². The molecular weight excluding hydrogens is 310 g/mol. The van der Waals surface area contributed by atoms with Crippen molar-refractivity contribution >= 4 is 33.4 Å². The van der Waals surface area contributed by atoms with Crippen molar-refractivity contribution in [3.05, 3.63) is 28.2 Å². The van der Waals surface area contributed by atoms with Crippen molar-refractivity contribution in [2.24, 2.45) is 0 Å². The number of carbonyl (C=O) groups excluding carboxylic acids is 2. The molecule has 0 bridgehead atoms. The Morgan fingerprint density at radius 1 is 1.58 bits per heavy atom. The van der Waals surface area contributed by atoms with E-state index in [2.05, 4.69) is 21.2 Å². The van der Waals surface area contributed by atoms with Gasteiger partial charge in [0.15, 0.2) is 0 Å². The van der Waals surface area contributed by atoms with E-state index in [1.807, 2.05) is 6.92 Å². The summed E-state index contributed by atoms with van der Waals surface area (Å²) >= 11 is 3.31. The van der Waals surface area contributed by atoms with E-state index in [0.717, 1.165) is 4.47 Å². The van der Waals surface area contributed by atoms with Crippen molar-refractivity contribution in [2.75, 3.05) is 18.8 Å². The van der Waals surface area contributed by atoms with Gasteiger partial charge in [0.1, 0.15) is 6.04 Å². The number of benzene rings is 1. The highest BCUT2D eigenvalue weighted by molar-refractivity contribution is 9.10. The first-order chi connectivity index (χ1) is 9.04. The van der Waals surface area contributed by atoms with E-state index in [4.69, 9.17) is 5.73 Å². The molecular formula is C13H16BrN3O2. The average molecular weight is 326 g/mol. The van der Waals surface area contributed by atoms with Crippen LogP contribution < -0.4 is 11.1 Å². The van der Waals surface area contributed by atoms with Gasteiger partial charge in [0.25, 0.3) is 5.91 Å². The first-order valence-corrected chi connectivity index (χ1v) is 6.97. The highest BCUT2D eigenvalue weighted by atomic mass is 79.9. The Morgan fingerprint density at radius 3 is 2.95 bits per heavy atom. The van der Waals surface area contributed by atoms with Crippen LogP contribution in [0.2, 0.25) is 0 Å². The number of rotatable bonds is 2. The maximum Gasteiger partial charge on any atom is 0.256 e. The van der Waals surface area contributed by atoms with Crippen molar-refractivity contribution < 1.29 is 9.59 Å². The predicted octanol–water partition coefficient (Wildman–Crippen LogP) is 1.38. The standard InChI is InChI=1S/C13H16BrN3O2/c1-2-11-12(18)16-5-6-17(11)13(19)9-4-3-8(14)7-10(9)15/h3-4,7,11H,2,5-6,15H2,1H3,(H,16,18). The minimum Gasteiger partial charge on any atom is -0.398 e. The minimum atomic E-state index is -0.413. The molecule has 0 saturated carbocycles. The lowest BCUT2D eigenvalue weighted by Gasteiger charge is -2.34. The van der Waals surface area contributed by atoms with E-state index in [-0.39, 0.29) is 11.8 Å². The fourth-order valence-electron chi connectivity index (χ4n) is 2.25. The number of nitrogen functional groups attached to an aromatic ring is 1. The fourth-order valence-corrected chi connectivity index (χ4v) is 2.63. The Labute approximate surface area is 120 Å². The third kappa shape index (κ3) is 2.73.